The van der Waals surface area contributed by atoms with E-state index in [4.69, 9.17) is 10.3 Å². The van der Waals surface area contributed by atoms with E-state index in [2.05, 4.69) is 15.1 Å². The smallest absolute Gasteiger partial charge is 0.230 e. The molecular formula is C14H18N4O. The minimum Gasteiger partial charge on any atom is -0.339 e. The molecule has 0 spiro atoms. The van der Waals surface area contributed by atoms with Gasteiger partial charge in [-0.25, -0.2) is 0 Å². The van der Waals surface area contributed by atoms with Crippen molar-refractivity contribution < 1.29 is 4.52 Å². The van der Waals surface area contributed by atoms with Crippen molar-refractivity contribution in [2.24, 2.45) is 5.73 Å². The quantitative estimate of drug-likeness (QED) is 0.895. The molecule has 2 unspecified atom stereocenters. The minimum atomic E-state index is 0.259. The van der Waals surface area contributed by atoms with Gasteiger partial charge in [-0.3, -0.25) is 4.98 Å². The molecule has 5 heteroatoms. The third kappa shape index (κ3) is 2.51. The minimum absolute atomic E-state index is 0.259. The topological polar surface area (TPSA) is 77.8 Å². The van der Waals surface area contributed by atoms with Gasteiger partial charge in [0.15, 0.2) is 0 Å². The highest BCUT2D eigenvalue weighted by atomic mass is 16.5. The molecule has 1 fully saturated rings. The highest BCUT2D eigenvalue weighted by Gasteiger charge is 2.25. The molecule has 19 heavy (non-hydrogen) atoms. The van der Waals surface area contributed by atoms with E-state index in [9.17, 15) is 0 Å². The molecule has 3 rings (SSSR count). The van der Waals surface area contributed by atoms with E-state index in [0.717, 1.165) is 36.8 Å². The highest BCUT2D eigenvalue weighted by molar-refractivity contribution is 5.57. The molecule has 5 nitrogen and oxygen atoms in total. The van der Waals surface area contributed by atoms with Crippen LogP contribution in [0.5, 0.6) is 0 Å². The second-order valence-electron chi connectivity index (χ2n) is 5.27. The fourth-order valence-corrected chi connectivity index (χ4v) is 2.66. The van der Waals surface area contributed by atoms with E-state index in [1.54, 1.807) is 12.4 Å². The normalized spacial score (nSPS) is 23.5. The number of aryl methyl sites for hydroxylation is 1. The van der Waals surface area contributed by atoms with Crippen LogP contribution in [0.1, 0.15) is 43.1 Å². The average Bonchev–Trinajstić information content (AvgIpc) is 2.89. The highest BCUT2D eigenvalue weighted by Crippen LogP contribution is 2.32. The summed E-state index contributed by atoms with van der Waals surface area (Å²) in [5.41, 5.74) is 8.03. The Balaban J connectivity index is 1.85. The van der Waals surface area contributed by atoms with Crippen molar-refractivity contribution >= 4 is 0 Å². The van der Waals surface area contributed by atoms with E-state index in [0.29, 0.717) is 17.6 Å². The number of hydrogen-bond donors (Lipinski definition) is 1. The van der Waals surface area contributed by atoms with Gasteiger partial charge < -0.3 is 10.3 Å². The molecule has 2 aromatic heterocycles. The standard InChI is InChI=1S/C14H18N4O/c1-9-5-6-16-8-12(9)13-17-14(19-18-13)10-3-2-4-11(15)7-10/h5-6,8,10-11H,2-4,7,15H2,1H3. The monoisotopic (exact) mass is 258 g/mol. The Labute approximate surface area is 112 Å². The molecular weight excluding hydrogens is 240 g/mol. The van der Waals surface area contributed by atoms with Gasteiger partial charge in [0.2, 0.25) is 11.7 Å². The maximum atomic E-state index is 6.00. The molecule has 0 bridgehead atoms. The first kappa shape index (κ1) is 12.3. The van der Waals surface area contributed by atoms with E-state index in [1.165, 1.54) is 0 Å². The van der Waals surface area contributed by atoms with Gasteiger partial charge in [-0.05, 0) is 37.8 Å². The summed E-state index contributed by atoms with van der Waals surface area (Å²) in [7, 11) is 0. The summed E-state index contributed by atoms with van der Waals surface area (Å²) in [4.78, 5) is 8.64. The van der Waals surface area contributed by atoms with Crippen LogP contribution < -0.4 is 5.73 Å². The molecule has 0 saturated heterocycles. The SMILES string of the molecule is Cc1ccncc1-c1noc(C2CCCC(N)C2)n1. The number of pyridine rings is 1. The Hall–Kier alpha value is -1.75. The van der Waals surface area contributed by atoms with Crippen molar-refractivity contribution in [1.29, 1.82) is 0 Å². The lowest BCUT2D eigenvalue weighted by atomic mass is 9.86. The van der Waals surface area contributed by atoms with Crippen LogP contribution in [0.25, 0.3) is 11.4 Å². The Bertz CT molecular complexity index is 566. The molecule has 0 radical (unpaired) electrons. The number of hydrogen-bond acceptors (Lipinski definition) is 5. The first-order valence-corrected chi connectivity index (χ1v) is 6.74. The van der Waals surface area contributed by atoms with E-state index >= 15 is 0 Å². The van der Waals surface area contributed by atoms with Crippen molar-refractivity contribution in [2.45, 2.75) is 44.6 Å². The third-order valence-electron chi connectivity index (χ3n) is 3.79. The molecule has 0 aromatic carbocycles. The number of nitrogens with two attached hydrogens (primary N) is 1. The van der Waals surface area contributed by atoms with Crippen LogP contribution in [0.2, 0.25) is 0 Å². The lowest BCUT2D eigenvalue weighted by Gasteiger charge is -2.23. The van der Waals surface area contributed by atoms with Gasteiger partial charge in [0.1, 0.15) is 0 Å². The van der Waals surface area contributed by atoms with Crippen LogP contribution >= 0.6 is 0 Å². The molecule has 100 valence electrons. The predicted octanol–water partition coefficient (Wildman–Crippen LogP) is 2.42. The Kier molecular flexibility index (Phi) is 3.29. The summed E-state index contributed by atoms with van der Waals surface area (Å²) < 4.78 is 5.42. The van der Waals surface area contributed by atoms with Crippen molar-refractivity contribution in [1.82, 2.24) is 15.1 Å². The summed E-state index contributed by atoms with van der Waals surface area (Å²) >= 11 is 0. The lowest BCUT2D eigenvalue weighted by molar-refractivity contribution is 0.299. The number of aromatic nitrogens is 3. The predicted molar refractivity (Wildman–Crippen MR) is 71.5 cm³/mol. The summed E-state index contributed by atoms with van der Waals surface area (Å²) in [6.07, 6.45) is 7.79. The van der Waals surface area contributed by atoms with Crippen LogP contribution in [0.4, 0.5) is 0 Å². The molecule has 1 saturated carbocycles. The fourth-order valence-electron chi connectivity index (χ4n) is 2.66. The van der Waals surface area contributed by atoms with E-state index in [1.807, 2.05) is 13.0 Å². The third-order valence-corrected chi connectivity index (χ3v) is 3.79. The van der Waals surface area contributed by atoms with Gasteiger partial charge in [-0.2, -0.15) is 4.98 Å². The zero-order valence-electron chi connectivity index (χ0n) is 11.0. The second-order valence-corrected chi connectivity index (χ2v) is 5.27. The summed E-state index contributed by atoms with van der Waals surface area (Å²) in [6.45, 7) is 2.02. The molecule has 1 aliphatic carbocycles. The van der Waals surface area contributed by atoms with E-state index < -0.39 is 0 Å². The van der Waals surface area contributed by atoms with Gasteiger partial charge in [0.25, 0.3) is 0 Å². The van der Waals surface area contributed by atoms with Crippen molar-refractivity contribution in [3.8, 4) is 11.4 Å². The van der Waals surface area contributed by atoms with Gasteiger partial charge >= 0.3 is 0 Å². The molecule has 2 aromatic rings. The van der Waals surface area contributed by atoms with Gasteiger partial charge in [0.05, 0.1) is 0 Å². The molecule has 2 atom stereocenters. The van der Waals surface area contributed by atoms with Crippen LogP contribution in [0, 0.1) is 6.92 Å². The lowest BCUT2D eigenvalue weighted by Crippen LogP contribution is -2.26. The molecule has 1 aliphatic rings. The largest absolute Gasteiger partial charge is 0.339 e. The Morgan fingerprint density at radius 2 is 2.26 bits per heavy atom. The fraction of sp³-hybridized carbons (Fsp3) is 0.500. The van der Waals surface area contributed by atoms with Crippen molar-refractivity contribution in [2.75, 3.05) is 0 Å². The van der Waals surface area contributed by atoms with Gasteiger partial charge in [0, 0.05) is 29.9 Å². The van der Waals surface area contributed by atoms with Gasteiger partial charge in [-0.1, -0.05) is 11.6 Å². The summed E-state index contributed by atoms with van der Waals surface area (Å²) in [5, 5.41) is 4.08. The van der Waals surface area contributed by atoms with Crippen molar-refractivity contribution in [3.05, 3.63) is 29.9 Å². The maximum Gasteiger partial charge on any atom is 0.230 e. The Morgan fingerprint density at radius 3 is 3.05 bits per heavy atom. The molecule has 2 N–H and O–H groups in total. The van der Waals surface area contributed by atoms with Gasteiger partial charge in [-0.15, -0.1) is 0 Å². The summed E-state index contributed by atoms with van der Waals surface area (Å²) in [6, 6.07) is 2.20. The van der Waals surface area contributed by atoms with Crippen molar-refractivity contribution in [3.63, 3.8) is 0 Å². The van der Waals surface area contributed by atoms with Crippen LogP contribution in [-0.2, 0) is 0 Å². The zero-order chi connectivity index (χ0) is 13.2. The first-order chi connectivity index (χ1) is 9.24. The second kappa shape index (κ2) is 5.09. The van der Waals surface area contributed by atoms with Crippen LogP contribution in [0.3, 0.4) is 0 Å². The number of nitrogens with zero attached hydrogens (tertiary/aromatic N) is 3. The first-order valence-electron chi connectivity index (χ1n) is 6.74. The average molecular weight is 258 g/mol. The van der Waals surface area contributed by atoms with Crippen LogP contribution in [-0.4, -0.2) is 21.2 Å². The summed E-state index contributed by atoms with van der Waals surface area (Å²) in [5.74, 6) is 1.65. The van der Waals surface area contributed by atoms with Crippen LogP contribution in [0.15, 0.2) is 23.0 Å². The maximum absolute atomic E-state index is 6.00. The number of rotatable bonds is 2. The Morgan fingerprint density at radius 1 is 1.37 bits per heavy atom. The molecule has 2 heterocycles. The van der Waals surface area contributed by atoms with E-state index in [-0.39, 0.29) is 6.04 Å². The molecule has 0 aliphatic heterocycles. The molecule has 0 amide bonds. The zero-order valence-corrected chi connectivity index (χ0v) is 11.0.